The third-order valence-electron chi connectivity index (χ3n) is 4.45. The number of ether oxygens (including phenoxy) is 1. The van der Waals surface area contributed by atoms with Gasteiger partial charge in [0.1, 0.15) is 0 Å². The van der Waals surface area contributed by atoms with Crippen molar-refractivity contribution in [1.82, 2.24) is 20.5 Å². The Balaban J connectivity index is 0.00000364. The quantitative estimate of drug-likeness (QED) is 0.305. The van der Waals surface area contributed by atoms with Crippen LogP contribution in [0.4, 0.5) is 0 Å². The zero-order chi connectivity index (χ0) is 18.8. The van der Waals surface area contributed by atoms with Crippen molar-refractivity contribution in [2.75, 3.05) is 45.9 Å². The Kier molecular flexibility index (Phi) is 12.5. The maximum atomic E-state index is 5.51. The standard InChI is InChI=1S/C19H35N5OS.HI/c1-5-20-19(21-7-6-17-14-26-16(4)23-17)22-13-18(12-15(2)3)24-8-10-25-11-9-24;/h14-15,18H,5-13H2,1-4H3,(H2,20,21,22);1H. The monoisotopic (exact) mass is 509 g/mol. The van der Waals surface area contributed by atoms with E-state index in [1.165, 1.54) is 6.42 Å². The topological polar surface area (TPSA) is 61.8 Å². The molecule has 1 aromatic heterocycles. The second kappa shape index (κ2) is 13.7. The fourth-order valence-corrected chi connectivity index (χ4v) is 3.84. The fourth-order valence-electron chi connectivity index (χ4n) is 3.20. The average molecular weight is 510 g/mol. The van der Waals surface area contributed by atoms with Crippen molar-refractivity contribution in [2.45, 2.75) is 46.6 Å². The van der Waals surface area contributed by atoms with E-state index >= 15 is 0 Å². The second-order valence-electron chi connectivity index (χ2n) is 7.19. The summed E-state index contributed by atoms with van der Waals surface area (Å²) in [5.41, 5.74) is 1.15. The van der Waals surface area contributed by atoms with Crippen LogP contribution in [0.2, 0.25) is 0 Å². The number of aliphatic imine (C=N–C) groups is 1. The van der Waals surface area contributed by atoms with E-state index in [2.05, 4.69) is 46.7 Å². The van der Waals surface area contributed by atoms with Crippen LogP contribution in [0.5, 0.6) is 0 Å². The van der Waals surface area contributed by atoms with E-state index in [9.17, 15) is 0 Å². The third-order valence-corrected chi connectivity index (χ3v) is 5.27. The molecule has 1 atom stereocenters. The molecule has 27 heavy (non-hydrogen) atoms. The van der Waals surface area contributed by atoms with Gasteiger partial charge in [0.25, 0.3) is 0 Å². The van der Waals surface area contributed by atoms with E-state index in [1.54, 1.807) is 11.3 Å². The highest BCUT2D eigenvalue weighted by Crippen LogP contribution is 2.14. The van der Waals surface area contributed by atoms with Gasteiger partial charge in [-0.05, 0) is 26.2 Å². The van der Waals surface area contributed by atoms with Gasteiger partial charge in [-0.1, -0.05) is 13.8 Å². The largest absolute Gasteiger partial charge is 0.379 e. The van der Waals surface area contributed by atoms with Crippen LogP contribution in [0.25, 0.3) is 0 Å². The number of halogens is 1. The summed E-state index contributed by atoms with van der Waals surface area (Å²) in [7, 11) is 0. The summed E-state index contributed by atoms with van der Waals surface area (Å²) in [5, 5.41) is 10.1. The van der Waals surface area contributed by atoms with E-state index in [0.29, 0.717) is 12.0 Å². The number of thiazole rings is 1. The van der Waals surface area contributed by atoms with Gasteiger partial charge in [0.15, 0.2) is 5.96 Å². The molecule has 0 bridgehead atoms. The molecule has 0 spiro atoms. The van der Waals surface area contributed by atoms with Gasteiger partial charge in [-0.2, -0.15) is 0 Å². The molecule has 2 N–H and O–H groups in total. The predicted molar refractivity (Wildman–Crippen MR) is 126 cm³/mol. The van der Waals surface area contributed by atoms with Crippen LogP contribution in [-0.2, 0) is 11.2 Å². The van der Waals surface area contributed by atoms with Gasteiger partial charge < -0.3 is 15.4 Å². The molecule has 2 heterocycles. The first-order valence-corrected chi connectivity index (χ1v) is 10.7. The highest BCUT2D eigenvalue weighted by molar-refractivity contribution is 14.0. The van der Waals surface area contributed by atoms with Crippen molar-refractivity contribution >= 4 is 41.3 Å². The van der Waals surface area contributed by atoms with E-state index < -0.39 is 0 Å². The minimum Gasteiger partial charge on any atom is -0.379 e. The maximum Gasteiger partial charge on any atom is 0.191 e. The first-order chi connectivity index (χ1) is 12.6. The molecule has 6 nitrogen and oxygen atoms in total. The van der Waals surface area contributed by atoms with E-state index in [0.717, 1.165) is 69.0 Å². The highest BCUT2D eigenvalue weighted by Gasteiger charge is 2.21. The van der Waals surface area contributed by atoms with E-state index in [4.69, 9.17) is 9.73 Å². The SMILES string of the molecule is CCNC(=NCC(CC(C)C)N1CCOCC1)NCCc1csc(C)n1.I. The van der Waals surface area contributed by atoms with Gasteiger partial charge in [-0.25, -0.2) is 4.98 Å². The average Bonchev–Trinajstić information content (AvgIpc) is 3.04. The minimum absolute atomic E-state index is 0. The van der Waals surface area contributed by atoms with Gasteiger partial charge in [0.2, 0.25) is 0 Å². The molecule has 1 aliphatic rings. The highest BCUT2D eigenvalue weighted by atomic mass is 127. The van der Waals surface area contributed by atoms with Crippen LogP contribution < -0.4 is 10.6 Å². The second-order valence-corrected chi connectivity index (χ2v) is 8.25. The summed E-state index contributed by atoms with van der Waals surface area (Å²) in [6.45, 7) is 15.0. The first-order valence-electron chi connectivity index (χ1n) is 9.83. The van der Waals surface area contributed by atoms with Crippen LogP contribution in [0.15, 0.2) is 10.4 Å². The van der Waals surface area contributed by atoms with Gasteiger partial charge in [-0.3, -0.25) is 9.89 Å². The molecular formula is C19H36IN5OS. The van der Waals surface area contributed by atoms with Crippen molar-refractivity contribution in [2.24, 2.45) is 10.9 Å². The molecule has 8 heteroatoms. The summed E-state index contributed by atoms with van der Waals surface area (Å²) >= 11 is 1.71. The van der Waals surface area contributed by atoms with Crippen LogP contribution in [0, 0.1) is 12.8 Å². The third kappa shape index (κ3) is 9.54. The minimum atomic E-state index is 0. The Labute approximate surface area is 185 Å². The summed E-state index contributed by atoms with van der Waals surface area (Å²) in [5.74, 6) is 1.57. The molecule has 1 aromatic rings. The molecule has 156 valence electrons. The van der Waals surface area contributed by atoms with E-state index in [1.807, 2.05) is 6.92 Å². The molecule has 2 rings (SSSR count). The molecular weight excluding hydrogens is 473 g/mol. The van der Waals surface area contributed by atoms with Gasteiger partial charge in [-0.15, -0.1) is 35.3 Å². The van der Waals surface area contributed by atoms with Gasteiger partial charge >= 0.3 is 0 Å². The summed E-state index contributed by atoms with van der Waals surface area (Å²) in [4.78, 5) is 11.9. The normalized spacial score (nSPS) is 16.9. The summed E-state index contributed by atoms with van der Waals surface area (Å²) in [6.07, 6.45) is 2.09. The zero-order valence-electron chi connectivity index (χ0n) is 17.2. The summed E-state index contributed by atoms with van der Waals surface area (Å²) < 4.78 is 5.51. The molecule has 1 saturated heterocycles. The maximum absolute atomic E-state index is 5.51. The van der Waals surface area contributed by atoms with E-state index in [-0.39, 0.29) is 24.0 Å². The van der Waals surface area contributed by atoms with Crippen molar-refractivity contribution in [3.05, 3.63) is 16.1 Å². The number of aromatic nitrogens is 1. The number of guanidine groups is 1. The van der Waals surface area contributed by atoms with Crippen LogP contribution >= 0.6 is 35.3 Å². The number of hydrogen-bond donors (Lipinski definition) is 2. The fraction of sp³-hybridized carbons (Fsp3) is 0.789. The number of nitrogens with one attached hydrogen (secondary N) is 2. The first kappa shape index (κ1) is 24.6. The number of morpholine rings is 1. The number of nitrogens with zero attached hydrogens (tertiary/aromatic N) is 3. The lowest BCUT2D eigenvalue weighted by molar-refractivity contribution is 0.0143. The van der Waals surface area contributed by atoms with Crippen LogP contribution in [0.1, 0.15) is 37.9 Å². The zero-order valence-corrected chi connectivity index (χ0v) is 20.3. The molecule has 0 radical (unpaired) electrons. The molecule has 0 aliphatic carbocycles. The lowest BCUT2D eigenvalue weighted by Crippen LogP contribution is -2.46. The lowest BCUT2D eigenvalue weighted by atomic mass is 10.0. The van der Waals surface area contributed by atoms with Crippen molar-refractivity contribution in [1.29, 1.82) is 0 Å². The Morgan fingerprint density at radius 3 is 2.67 bits per heavy atom. The Bertz CT molecular complexity index is 546. The Morgan fingerprint density at radius 1 is 1.33 bits per heavy atom. The molecule has 1 unspecified atom stereocenters. The summed E-state index contributed by atoms with van der Waals surface area (Å²) in [6, 6.07) is 0.482. The molecule has 1 aliphatic heterocycles. The molecule has 0 aromatic carbocycles. The number of rotatable bonds is 9. The lowest BCUT2D eigenvalue weighted by Gasteiger charge is -2.34. The molecule has 1 fully saturated rings. The van der Waals surface area contributed by atoms with Crippen molar-refractivity contribution < 1.29 is 4.74 Å². The smallest absolute Gasteiger partial charge is 0.191 e. The number of hydrogen-bond acceptors (Lipinski definition) is 5. The van der Waals surface area contributed by atoms with Crippen LogP contribution in [0.3, 0.4) is 0 Å². The molecule has 0 saturated carbocycles. The Hall–Kier alpha value is -0.450. The van der Waals surface area contributed by atoms with Gasteiger partial charge in [0, 0.05) is 44.0 Å². The predicted octanol–water partition coefficient (Wildman–Crippen LogP) is 2.91. The Morgan fingerprint density at radius 2 is 2.07 bits per heavy atom. The van der Waals surface area contributed by atoms with Crippen molar-refractivity contribution in [3.8, 4) is 0 Å². The van der Waals surface area contributed by atoms with Gasteiger partial charge in [0.05, 0.1) is 30.5 Å². The molecule has 0 amide bonds. The number of aryl methyl sites for hydroxylation is 1. The van der Waals surface area contributed by atoms with Crippen molar-refractivity contribution in [3.63, 3.8) is 0 Å². The van der Waals surface area contributed by atoms with Crippen LogP contribution in [-0.4, -0.2) is 67.8 Å².